The lowest BCUT2D eigenvalue weighted by atomic mass is 10.0. The zero-order valence-electron chi connectivity index (χ0n) is 18.3. The Hall–Kier alpha value is -2.80. The minimum Gasteiger partial charge on any atom is -0.497 e. The van der Waals surface area contributed by atoms with E-state index in [0.29, 0.717) is 17.8 Å². The second-order valence-electron chi connectivity index (χ2n) is 8.28. The van der Waals surface area contributed by atoms with Crippen molar-refractivity contribution in [2.45, 2.75) is 39.8 Å². The van der Waals surface area contributed by atoms with E-state index in [4.69, 9.17) is 9.15 Å². The quantitative estimate of drug-likeness (QED) is 0.593. The lowest BCUT2D eigenvalue weighted by Gasteiger charge is -2.28. The van der Waals surface area contributed by atoms with Gasteiger partial charge in [0.15, 0.2) is 15.6 Å². The first-order chi connectivity index (χ1) is 14.7. The highest BCUT2D eigenvalue weighted by molar-refractivity contribution is 7.91. The van der Waals surface area contributed by atoms with Gasteiger partial charge in [-0.25, -0.2) is 8.42 Å². The van der Waals surface area contributed by atoms with Gasteiger partial charge in [0.1, 0.15) is 11.3 Å². The first-order valence-electron chi connectivity index (χ1n) is 10.3. The van der Waals surface area contributed by atoms with Crippen molar-refractivity contribution >= 4 is 26.7 Å². The van der Waals surface area contributed by atoms with Crippen LogP contribution in [0.15, 0.2) is 40.8 Å². The summed E-state index contributed by atoms with van der Waals surface area (Å²) < 4.78 is 35.7. The monoisotopic (exact) mass is 441 g/mol. The highest BCUT2D eigenvalue weighted by Crippen LogP contribution is 2.32. The summed E-state index contributed by atoms with van der Waals surface area (Å²) in [5.74, 6) is 0.749. The fourth-order valence-electron chi connectivity index (χ4n) is 4.21. The number of hydrogen-bond donors (Lipinski definition) is 0. The van der Waals surface area contributed by atoms with Crippen LogP contribution in [-0.4, -0.2) is 43.9 Å². The molecule has 1 aliphatic rings. The van der Waals surface area contributed by atoms with Crippen molar-refractivity contribution in [1.29, 1.82) is 0 Å². The molecule has 2 heterocycles. The highest BCUT2D eigenvalue weighted by Gasteiger charge is 2.37. The first-order valence-corrected chi connectivity index (χ1v) is 12.2. The molecule has 4 rings (SSSR count). The molecule has 6 nitrogen and oxygen atoms in total. The van der Waals surface area contributed by atoms with Crippen LogP contribution in [0.2, 0.25) is 0 Å². The Balaban J connectivity index is 1.76. The van der Waals surface area contributed by atoms with E-state index in [1.54, 1.807) is 12.0 Å². The highest BCUT2D eigenvalue weighted by atomic mass is 32.2. The van der Waals surface area contributed by atoms with Crippen molar-refractivity contribution in [3.8, 4) is 5.75 Å². The maximum absolute atomic E-state index is 13.7. The Morgan fingerprint density at radius 1 is 1.16 bits per heavy atom. The van der Waals surface area contributed by atoms with E-state index in [1.807, 2.05) is 57.2 Å². The number of carbonyl (C=O) groups excluding carboxylic acids is 1. The Labute approximate surface area is 182 Å². The second kappa shape index (κ2) is 8.04. The van der Waals surface area contributed by atoms with Gasteiger partial charge in [-0.3, -0.25) is 4.79 Å². The molecule has 0 aliphatic carbocycles. The maximum Gasteiger partial charge on any atom is 0.290 e. The molecule has 0 saturated carbocycles. The number of nitrogens with zero attached hydrogens (tertiary/aromatic N) is 1. The standard InChI is InChI=1S/C24H27NO5S/c1-15-8-9-21-17(3)23(30-22(21)16(15)2)24(26)25(19-10-11-31(27,28)14-19)13-18-6-5-7-20(12-18)29-4/h5-9,12,19H,10-11,13-14H2,1-4H3/t19-/m0/s1. The number of rotatable bonds is 5. The van der Waals surface area contributed by atoms with E-state index in [1.165, 1.54) is 0 Å². The molecule has 1 atom stereocenters. The maximum atomic E-state index is 13.7. The minimum absolute atomic E-state index is 0.0277. The molecule has 7 heteroatoms. The van der Waals surface area contributed by atoms with Gasteiger partial charge in [0.05, 0.1) is 18.6 Å². The van der Waals surface area contributed by atoms with Crippen molar-refractivity contribution in [3.63, 3.8) is 0 Å². The number of fused-ring (bicyclic) bond motifs is 1. The van der Waals surface area contributed by atoms with E-state index >= 15 is 0 Å². The molecule has 0 bridgehead atoms. The van der Waals surface area contributed by atoms with Gasteiger partial charge in [-0.2, -0.15) is 0 Å². The lowest BCUT2D eigenvalue weighted by Crippen LogP contribution is -2.40. The summed E-state index contributed by atoms with van der Waals surface area (Å²) in [6, 6.07) is 11.1. The zero-order valence-corrected chi connectivity index (χ0v) is 19.1. The topological polar surface area (TPSA) is 76.8 Å². The Bertz CT molecular complexity index is 1260. The van der Waals surface area contributed by atoms with E-state index in [2.05, 4.69) is 0 Å². The van der Waals surface area contributed by atoms with Crippen LogP contribution >= 0.6 is 0 Å². The van der Waals surface area contributed by atoms with Gasteiger partial charge in [-0.05, 0) is 56.0 Å². The number of ether oxygens (including phenoxy) is 1. The van der Waals surface area contributed by atoms with E-state index in [9.17, 15) is 13.2 Å². The van der Waals surface area contributed by atoms with Crippen LogP contribution in [0, 0.1) is 20.8 Å². The molecule has 3 aromatic rings. The summed E-state index contributed by atoms with van der Waals surface area (Å²) in [4.78, 5) is 15.3. The van der Waals surface area contributed by atoms with Crippen molar-refractivity contribution in [3.05, 3.63) is 64.4 Å². The van der Waals surface area contributed by atoms with Gasteiger partial charge in [-0.1, -0.05) is 24.3 Å². The molecule has 31 heavy (non-hydrogen) atoms. The predicted molar refractivity (Wildman–Crippen MR) is 120 cm³/mol. The third-order valence-corrected chi connectivity index (χ3v) is 7.97. The number of aryl methyl sites for hydroxylation is 3. The Morgan fingerprint density at radius 3 is 2.61 bits per heavy atom. The normalized spacial score (nSPS) is 17.7. The molecule has 2 aromatic carbocycles. The molecule has 1 aliphatic heterocycles. The molecule has 0 unspecified atom stereocenters. The number of furan rings is 1. The summed E-state index contributed by atoms with van der Waals surface area (Å²) in [6.45, 7) is 6.15. The van der Waals surface area contributed by atoms with E-state index < -0.39 is 9.84 Å². The van der Waals surface area contributed by atoms with Gasteiger partial charge in [-0.15, -0.1) is 0 Å². The number of hydrogen-bond acceptors (Lipinski definition) is 5. The Kier molecular flexibility index (Phi) is 5.56. The van der Waals surface area contributed by atoms with Gasteiger partial charge >= 0.3 is 0 Å². The van der Waals surface area contributed by atoms with Gasteiger partial charge in [0.2, 0.25) is 0 Å². The summed E-state index contributed by atoms with van der Waals surface area (Å²) in [5, 5.41) is 0.909. The van der Waals surface area contributed by atoms with Crippen LogP contribution in [0.3, 0.4) is 0 Å². The number of sulfone groups is 1. The largest absolute Gasteiger partial charge is 0.497 e. The minimum atomic E-state index is -3.16. The van der Waals surface area contributed by atoms with Gasteiger partial charge in [0, 0.05) is 23.5 Å². The summed E-state index contributed by atoms with van der Waals surface area (Å²) in [5.41, 5.74) is 4.46. The summed E-state index contributed by atoms with van der Waals surface area (Å²) in [7, 11) is -1.57. The number of benzene rings is 2. The third-order valence-electron chi connectivity index (χ3n) is 6.22. The van der Waals surface area contributed by atoms with Crippen LogP contribution < -0.4 is 4.74 Å². The molecule has 0 spiro atoms. The molecule has 1 fully saturated rings. The zero-order chi connectivity index (χ0) is 22.3. The Morgan fingerprint density at radius 2 is 1.94 bits per heavy atom. The summed E-state index contributed by atoms with van der Waals surface area (Å²) >= 11 is 0. The average Bonchev–Trinajstić information content (AvgIpc) is 3.28. The fourth-order valence-corrected chi connectivity index (χ4v) is 5.94. The molecule has 1 amide bonds. The van der Waals surface area contributed by atoms with E-state index in [-0.39, 0.29) is 35.8 Å². The van der Waals surface area contributed by atoms with Crippen LogP contribution in [0.4, 0.5) is 0 Å². The van der Waals surface area contributed by atoms with Crippen LogP contribution in [0.25, 0.3) is 11.0 Å². The SMILES string of the molecule is COc1cccc(CN(C(=O)c2oc3c(C)c(C)ccc3c2C)[C@H]2CCS(=O)(=O)C2)c1. The number of amides is 1. The smallest absolute Gasteiger partial charge is 0.290 e. The fraction of sp³-hybridized carbons (Fsp3) is 0.375. The molecule has 1 saturated heterocycles. The lowest BCUT2D eigenvalue weighted by molar-refractivity contribution is 0.0649. The molecule has 164 valence electrons. The van der Waals surface area contributed by atoms with Crippen molar-refractivity contribution < 1.29 is 22.4 Å². The van der Waals surface area contributed by atoms with Crippen LogP contribution in [0.5, 0.6) is 5.75 Å². The predicted octanol–water partition coefficient (Wildman–Crippen LogP) is 4.20. The van der Waals surface area contributed by atoms with Crippen molar-refractivity contribution in [2.24, 2.45) is 0 Å². The van der Waals surface area contributed by atoms with Gasteiger partial charge in [0.25, 0.3) is 5.91 Å². The van der Waals surface area contributed by atoms with Gasteiger partial charge < -0.3 is 14.1 Å². The molecule has 0 radical (unpaired) electrons. The second-order valence-corrected chi connectivity index (χ2v) is 10.5. The third kappa shape index (κ3) is 4.06. The number of carbonyl (C=O) groups is 1. The van der Waals surface area contributed by atoms with Crippen LogP contribution in [0.1, 0.15) is 39.2 Å². The average molecular weight is 442 g/mol. The summed E-state index contributed by atoms with van der Waals surface area (Å²) in [6.07, 6.45) is 0.426. The molecule has 0 N–H and O–H groups in total. The first kappa shape index (κ1) is 21.4. The van der Waals surface area contributed by atoms with Crippen LogP contribution in [-0.2, 0) is 16.4 Å². The van der Waals surface area contributed by atoms with Crippen molar-refractivity contribution in [1.82, 2.24) is 4.90 Å². The number of methoxy groups -OCH3 is 1. The van der Waals surface area contributed by atoms with Crippen molar-refractivity contribution in [2.75, 3.05) is 18.6 Å². The van der Waals surface area contributed by atoms with E-state index in [0.717, 1.165) is 27.6 Å². The molecule has 1 aromatic heterocycles. The molecular formula is C24H27NO5S. The molecular weight excluding hydrogens is 414 g/mol.